The van der Waals surface area contributed by atoms with Crippen molar-refractivity contribution >= 4 is 11.6 Å². The van der Waals surface area contributed by atoms with E-state index in [4.69, 9.17) is 9.47 Å². The van der Waals surface area contributed by atoms with Crippen molar-refractivity contribution in [2.24, 2.45) is 4.99 Å². The molecule has 2 heterocycles. The van der Waals surface area contributed by atoms with E-state index in [1.165, 1.54) is 11.1 Å². The molecule has 4 rings (SSSR count). The van der Waals surface area contributed by atoms with E-state index >= 15 is 0 Å². The highest BCUT2D eigenvalue weighted by molar-refractivity contribution is 5.93. The first kappa shape index (κ1) is 18.9. The van der Waals surface area contributed by atoms with E-state index in [1.54, 1.807) is 13.2 Å². The van der Waals surface area contributed by atoms with Crippen molar-refractivity contribution in [2.45, 2.75) is 19.5 Å². The molecule has 1 aromatic heterocycles. The molecule has 2 N–H and O–H groups in total. The number of hydrogen-bond donors (Lipinski definition) is 2. The van der Waals surface area contributed by atoms with Crippen LogP contribution in [0, 0.1) is 0 Å². The Hall–Kier alpha value is -3.48. The summed E-state index contributed by atoms with van der Waals surface area (Å²) in [6.45, 7) is 2.85. The van der Waals surface area contributed by atoms with Gasteiger partial charge in [-0.15, -0.1) is 0 Å². The van der Waals surface area contributed by atoms with E-state index in [-0.39, 0.29) is 0 Å². The van der Waals surface area contributed by atoms with Gasteiger partial charge in [0.1, 0.15) is 0 Å². The molecule has 29 heavy (non-hydrogen) atoms. The van der Waals surface area contributed by atoms with Gasteiger partial charge < -0.3 is 24.7 Å². The number of ether oxygens (including phenoxy) is 2. The molecule has 0 radical (unpaired) electrons. The third kappa shape index (κ3) is 5.07. The molecule has 0 amide bonds. The molecule has 0 fully saturated rings. The minimum absolute atomic E-state index is 0.667. The molecule has 7 nitrogen and oxygen atoms in total. The highest BCUT2D eigenvalue weighted by Crippen LogP contribution is 2.32. The highest BCUT2D eigenvalue weighted by atomic mass is 16.5. The first-order chi connectivity index (χ1) is 14.3. The summed E-state index contributed by atoms with van der Waals surface area (Å²) in [5.74, 6) is 2.24. The van der Waals surface area contributed by atoms with E-state index < -0.39 is 0 Å². The zero-order valence-corrected chi connectivity index (χ0v) is 16.5. The summed E-state index contributed by atoms with van der Waals surface area (Å²) >= 11 is 0. The number of fused-ring (bicyclic) bond motifs is 1. The average molecular weight is 391 g/mol. The fraction of sp³-hybridized carbons (Fsp3) is 0.273. The van der Waals surface area contributed by atoms with Gasteiger partial charge in [-0.25, -0.2) is 4.98 Å². The fourth-order valence-electron chi connectivity index (χ4n) is 3.10. The van der Waals surface area contributed by atoms with Crippen molar-refractivity contribution in [3.05, 3.63) is 72.3 Å². The predicted molar refractivity (Wildman–Crippen MR) is 114 cm³/mol. The maximum atomic E-state index is 5.75. The van der Waals surface area contributed by atoms with Crippen LogP contribution in [0.4, 0.5) is 5.69 Å². The molecule has 0 spiro atoms. The van der Waals surface area contributed by atoms with Crippen molar-refractivity contribution in [3.63, 3.8) is 0 Å². The van der Waals surface area contributed by atoms with Gasteiger partial charge in [0.05, 0.1) is 19.5 Å². The number of hydrogen-bond acceptors (Lipinski definition) is 4. The zero-order chi connectivity index (χ0) is 19.9. The number of rotatable bonds is 5. The molecule has 0 unspecified atom stereocenters. The number of anilines is 1. The van der Waals surface area contributed by atoms with Crippen LogP contribution in [0.15, 0.2) is 66.2 Å². The minimum Gasteiger partial charge on any atom is -0.490 e. The number of nitrogens with zero attached hydrogens (tertiary/aromatic N) is 3. The second kappa shape index (κ2) is 9.14. The normalized spacial score (nSPS) is 13.6. The number of benzene rings is 2. The second-order valence-corrected chi connectivity index (χ2v) is 6.81. The molecule has 0 saturated heterocycles. The standard InChI is InChI=1S/C22H25N5O2/c1-23-22(26-19-7-8-20-21(13-19)29-12-2-11-28-20)25-14-17-3-5-18(6-4-17)15-27-10-9-24-16-27/h3-10,13,16H,2,11-12,14-15H2,1H3,(H2,23,25,26). The highest BCUT2D eigenvalue weighted by Gasteiger charge is 2.11. The molecular weight excluding hydrogens is 366 g/mol. The monoisotopic (exact) mass is 391 g/mol. The maximum absolute atomic E-state index is 5.75. The van der Waals surface area contributed by atoms with Crippen molar-refractivity contribution < 1.29 is 9.47 Å². The second-order valence-electron chi connectivity index (χ2n) is 6.81. The van der Waals surface area contributed by atoms with Crippen LogP contribution in [-0.2, 0) is 13.1 Å². The van der Waals surface area contributed by atoms with Crippen molar-refractivity contribution in [2.75, 3.05) is 25.6 Å². The summed E-state index contributed by atoms with van der Waals surface area (Å²) in [5.41, 5.74) is 3.32. The number of nitrogens with one attached hydrogen (secondary N) is 2. The fourth-order valence-corrected chi connectivity index (χ4v) is 3.10. The van der Waals surface area contributed by atoms with E-state index in [9.17, 15) is 0 Å². The van der Waals surface area contributed by atoms with Crippen molar-refractivity contribution in [3.8, 4) is 11.5 Å². The zero-order valence-electron chi connectivity index (χ0n) is 16.5. The van der Waals surface area contributed by atoms with Gasteiger partial charge >= 0.3 is 0 Å². The first-order valence-electron chi connectivity index (χ1n) is 9.71. The summed E-state index contributed by atoms with van der Waals surface area (Å²) in [6.07, 6.45) is 6.47. The van der Waals surface area contributed by atoms with Crippen LogP contribution in [0.5, 0.6) is 11.5 Å². The quantitative estimate of drug-likeness (QED) is 0.516. The topological polar surface area (TPSA) is 72.7 Å². The molecule has 3 aromatic rings. The van der Waals surface area contributed by atoms with Crippen molar-refractivity contribution in [1.82, 2.24) is 14.9 Å². The predicted octanol–water partition coefficient (Wildman–Crippen LogP) is 3.28. The lowest BCUT2D eigenvalue weighted by molar-refractivity contribution is 0.297. The third-order valence-corrected chi connectivity index (χ3v) is 4.64. The van der Waals surface area contributed by atoms with Crippen LogP contribution in [0.3, 0.4) is 0 Å². The summed E-state index contributed by atoms with van der Waals surface area (Å²) in [4.78, 5) is 8.38. The molecule has 0 aliphatic carbocycles. The molecule has 0 saturated carbocycles. The van der Waals surface area contributed by atoms with Gasteiger partial charge in [0, 0.05) is 50.7 Å². The SMILES string of the molecule is CN=C(NCc1ccc(Cn2ccnc2)cc1)Nc1ccc2c(c1)OCCCO2. The summed E-state index contributed by atoms with van der Waals surface area (Å²) in [6, 6.07) is 14.4. The van der Waals surface area contributed by atoms with Gasteiger partial charge in [0.2, 0.25) is 0 Å². The third-order valence-electron chi connectivity index (χ3n) is 4.64. The number of aliphatic imine (C=N–C) groups is 1. The Morgan fingerprint density at radius 2 is 1.86 bits per heavy atom. The lowest BCUT2D eigenvalue weighted by atomic mass is 10.1. The Morgan fingerprint density at radius 1 is 1.07 bits per heavy atom. The van der Waals surface area contributed by atoms with Crippen LogP contribution >= 0.6 is 0 Å². The van der Waals surface area contributed by atoms with Crippen LogP contribution in [-0.4, -0.2) is 35.8 Å². The largest absolute Gasteiger partial charge is 0.490 e. The van der Waals surface area contributed by atoms with Crippen LogP contribution in [0.1, 0.15) is 17.5 Å². The summed E-state index contributed by atoms with van der Waals surface area (Å²) in [5, 5.41) is 6.65. The van der Waals surface area contributed by atoms with Gasteiger partial charge in [0.25, 0.3) is 0 Å². The molecule has 2 aromatic carbocycles. The first-order valence-corrected chi connectivity index (χ1v) is 9.71. The van der Waals surface area contributed by atoms with Gasteiger partial charge in [-0.1, -0.05) is 24.3 Å². The van der Waals surface area contributed by atoms with Gasteiger partial charge in [-0.05, 0) is 23.3 Å². The molecule has 0 bridgehead atoms. The molecule has 1 aliphatic rings. The number of aromatic nitrogens is 2. The van der Waals surface area contributed by atoms with Crippen molar-refractivity contribution in [1.29, 1.82) is 0 Å². The Balaban J connectivity index is 1.33. The van der Waals surface area contributed by atoms with E-state index in [0.717, 1.165) is 30.2 Å². The molecule has 150 valence electrons. The van der Waals surface area contributed by atoms with E-state index in [1.807, 2.05) is 35.3 Å². The molecule has 0 atom stereocenters. The van der Waals surface area contributed by atoms with Crippen LogP contribution < -0.4 is 20.1 Å². The molecule has 1 aliphatic heterocycles. The van der Waals surface area contributed by atoms with E-state index in [0.29, 0.717) is 25.7 Å². The lowest BCUT2D eigenvalue weighted by Crippen LogP contribution is -2.30. The number of imidazole rings is 1. The van der Waals surface area contributed by atoms with E-state index in [2.05, 4.69) is 44.9 Å². The Morgan fingerprint density at radius 3 is 2.62 bits per heavy atom. The Bertz CT molecular complexity index is 952. The smallest absolute Gasteiger partial charge is 0.195 e. The summed E-state index contributed by atoms with van der Waals surface area (Å²) in [7, 11) is 1.76. The Labute approximate surface area is 170 Å². The molecule has 7 heteroatoms. The molecular formula is C22H25N5O2. The number of guanidine groups is 1. The van der Waals surface area contributed by atoms with Crippen LogP contribution in [0.2, 0.25) is 0 Å². The minimum atomic E-state index is 0.667. The lowest BCUT2D eigenvalue weighted by Gasteiger charge is -2.14. The average Bonchev–Trinajstić information content (AvgIpc) is 3.15. The van der Waals surface area contributed by atoms with Gasteiger partial charge in [-0.3, -0.25) is 4.99 Å². The van der Waals surface area contributed by atoms with Gasteiger partial charge in [-0.2, -0.15) is 0 Å². The van der Waals surface area contributed by atoms with Gasteiger partial charge in [0.15, 0.2) is 17.5 Å². The van der Waals surface area contributed by atoms with Crippen LogP contribution in [0.25, 0.3) is 0 Å². The Kier molecular flexibility index (Phi) is 5.95. The summed E-state index contributed by atoms with van der Waals surface area (Å²) < 4.78 is 13.5. The maximum Gasteiger partial charge on any atom is 0.195 e.